The van der Waals surface area contributed by atoms with Crippen molar-refractivity contribution in [3.63, 3.8) is 0 Å². The van der Waals surface area contributed by atoms with Crippen LogP contribution >= 0.6 is 0 Å². The first-order chi connectivity index (χ1) is 23.6. The maximum Gasteiger partial charge on any atom is 0.164 e. The van der Waals surface area contributed by atoms with Crippen molar-refractivity contribution in [1.29, 1.82) is 5.26 Å². The van der Waals surface area contributed by atoms with Gasteiger partial charge in [-0.15, -0.1) is 0 Å². The van der Waals surface area contributed by atoms with Crippen LogP contribution in [0.25, 0.3) is 56.4 Å². The molecule has 48 heavy (non-hydrogen) atoms. The van der Waals surface area contributed by atoms with E-state index in [2.05, 4.69) is 60.7 Å². The molecular weight excluding hydrogens is 585 g/mol. The van der Waals surface area contributed by atoms with E-state index in [1.165, 1.54) is 44.1 Å². The lowest BCUT2D eigenvalue weighted by atomic mass is 9.48. The summed E-state index contributed by atoms with van der Waals surface area (Å²) >= 11 is 0. The van der Waals surface area contributed by atoms with Crippen LogP contribution in [0.2, 0.25) is 0 Å². The third-order valence-electron chi connectivity index (χ3n) is 11.1. The number of hydrogen-bond donors (Lipinski definition) is 0. The smallest absolute Gasteiger partial charge is 0.164 e. The second-order valence-electron chi connectivity index (χ2n) is 14.3. The summed E-state index contributed by atoms with van der Waals surface area (Å²) in [6.45, 7) is 0. The first kappa shape index (κ1) is 28.8. The molecule has 0 amide bonds. The van der Waals surface area contributed by atoms with Crippen LogP contribution in [0.4, 0.5) is 0 Å². The second kappa shape index (κ2) is 11.7. The molecule has 4 bridgehead atoms. The van der Waals surface area contributed by atoms with Gasteiger partial charge in [-0.25, -0.2) is 15.0 Å². The Labute approximate surface area is 282 Å². The van der Waals surface area contributed by atoms with Crippen molar-refractivity contribution in [2.75, 3.05) is 0 Å². The summed E-state index contributed by atoms with van der Waals surface area (Å²) in [6.07, 6.45) is 8.42. The van der Waals surface area contributed by atoms with Crippen LogP contribution in [0, 0.1) is 29.1 Å². The molecule has 6 aromatic rings. The summed E-state index contributed by atoms with van der Waals surface area (Å²) in [5, 5.41) is 9.87. The predicted molar refractivity (Wildman–Crippen MR) is 192 cm³/mol. The van der Waals surface area contributed by atoms with Gasteiger partial charge < -0.3 is 0 Å². The maximum atomic E-state index is 9.87. The molecule has 1 heterocycles. The molecule has 0 N–H and O–H groups in total. The predicted octanol–water partition coefficient (Wildman–Crippen LogP) is 10.5. The van der Waals surface area contributed by atoms with Crippen LogP contribution < -0.4 is 0 Å². The highest BCUT2D eigenvalue weighted by Crippen LogP contribution is 2.60. The van der Waals surface area contributed by atoms with Crippen molar-refractivity contribution < 1.29 is 0 Å². The van der Waals surface area contributed by atoms with Crippen LogP contribution in [-0.2, 0) is 5.41 Å². The zero-order valence-corrected chi connectivity index (χ0v) is 26.9. The molecule has 0 spiro atoms. The second-order valence-corrected chi connectivity index (χ2v) is 14.3. The lowest BCUT2D eigenvalue weighted by molar-refractivity contribution is -0.00518. The number of hydrogen-bond acceptors (Lipinski definition) is 4. The highest BCUT2D eigenvalue weighted by atomic mass is 15.0. The minimum absolute atomic E-state index is 0.362. The van der Waals surface area contributed by atoms with Crippen molar-refractivity contribution in [2.24, 2.45) is 17.8 Å². The first-order valence-electron chi connectivity index (χ1n) is 17.3. The van der Waals surface area contributed by atoms with E-state index in [9.17, 15) is 5.26 Å². The molecule has 0 saturated heterocycles. The maximum absolute atomic E-state index is 9.87. The van der Waals surface area contributed by atoms with Gasteiger partial charge in [0.1, 0.15) is 0 Å². The van der Waals surface area contributed by atoms with Gasteiger partial charge >= 0.3 is 0 Å². The first-order valence-corrected chi connectivity index (χ1v) is 17.3. The average molecular weight is 621 g/mol. The molecule has 232 valence electrons. The minimum atomic E-state index is 0.362. The van der Waals surface area contributed by atoms with E-state index < -0.39 is 0 Å². The molecule has 0 radical (unpaired) electrons. The molecular formula is C44H36N4. The number of nitrogens with zero attached hydrogens (tertiary/aromatic N) is 4. The van der Waals surface area contributed by atoms with E-state index in [0.717, 1.165) is 56.7 Å². The summed E-state index contributed by atoms with van der Waals surface area (Å²) in [7, 11) is 0. The van der Waals surface area contributed by atoms with Crippen LogP contribution in [0.15, 0.2) is 127 Å². The van der Waals surface area contributed by atoms with Gasteiger partial charge in [-0.3, -0.25) is 0 Å². The topological polar surface area (TPSA) is 62.5 Å². The molecule has 0 unspecified atom stereocenters. The van der Waals surface area contributed by atoms with E-state index in [-0.39, 0.29) is 0 Å². The fraction of sp³-hybridized carbons (Fsp3) is 0.227. The van der Waals surface area contributed by atoms with Crippen LogP contribution in [-0.4, -0.2) is 15.0 Å². The lowest BCUT2D eigenvalue weighted by Crippen LogP contribution is -2.48. The molecule has 4 aliphatic rings. The highest BCUT2D eigenvalue weighted by molar-refractivity contribution is 5.86. The Morgan fingerprint density at radius 3 is 1.56 bits per heavy atom. The van der Waals surface area contributed by atoms with Gasteiger partial charge in [-0.2, -0.15) is 5.26 Å². The lowest BCUT2D eigenvalue weighted by Gasteiger charge is -2.57. The monoisotopic (exact) mass is 620 g/mol. The van der Waals surface area contributed by atoms with Gasteiger partial charge in [0.05, 0.1) is 11.6 Å². The van der Waals surface area contributed by atoms with Crippen molar-refractivity contribution in [1.82, 2.24) is 15.0 Å². The van der Waals surface area contributed by atoms with Crippen molar-refractivity contribution in [3.8, 4) is 62.5 Å². The zero-order chi connectivity index (χ0) is 32.1. The Morgan fingerprint density at radius 1 is 0.479 bits per heavy atom. The summed E-state index contributed by atoms with van der Waals surface area (Å²) in [4.78, 5) is 14.8. The van der Waals surface area contributed by atoms with Crippen LogP contribution in [0.5, 0.6) is 0 Å². The fourth-order valence-electron chi connectivity index (χ4n) is 9.34. The number of nitriles is 1. The largest absolute Gasteiger partial charge is 0.208 e. The SMILES string of the molecule is N#Cc1ccc(-c2cccc(-c3nc(-c4ccccc4)nc(-c4ccccc4)n3)c2)c(-c2ccc(C34C[C@H]5C[C@@H](C3)C[C@@H](C4)C5)cc2)c1. The van der Waals surface area contributed by atoms with Gasteiger partial charge in [-0.1, -0.05) is 109 Å². The van der Waals surface area contributed by atoms with Gasteiger partial charge in [0.25, 0.3) is 0 Å². The quantitative estimate of drug-likeness (QED) is 0.186. The molecule has 10 rings (SSSR count). The molecule has 0 atom stereocenters. The minimum Gasteiger partial charge on any atom is -0.208 e. The van der Waals surface area contributed by atoms with Gasteiger partial charge in [0, 0.05) is 16.7 Å². The van der Waals surface area contributed by atoms with Gasteiger partial charge in [0.2, 0.25) is 0 Å². The Morgan fingerprint density at radius 2 is 1.00 bits per heavy atom. The molecule has 4 saturated carbocycles. The number of aromatic nitrogens is 3. The Balaban J connectivity index is 1.11. The van der Waals surface area contributed by atoms with Crippen LogP contribution in [0.3, 0.4) is 0 Å². The fourth-order valence-corrected chi connectivity index (χ4v) is 9.34. The van der Waals surface area contributed by atoms with Crippen molar-refractivity contribution in [2.45, 2.75) is 43.9 Å². The van der Waals surface area contributed by atoms with E-state index in [0.29, 0.717) is 28.5 Å². The Bertz CT molecular complexity index is 2070. The van der Waals surface area contributed by atoms with Gasteiger partial charge in [0.15, 0.2) is 17.5 Å². The standard InChI is InChI=1S/C44H36N4/c45-28-29-14-19-39(40(23-29)33-15-17-38(18-16-33)44-25-30-20-31(26-44)22-32(21-30)27-44)36-12-7-13-37(24-36)43-47-41(34-8-3-1-4-9-34)46-42(48-43)35-10-5-2-6-11-35/h1-19,23-24,30-32H,20-22,25-27H2/t30-,31+,32-,44?. The third-order valence-corrected chi connectivity index (χ3v) is 11.1. The van der Waals surface area contributed by atoms with Crippen LogP contribution in [0.1, 0.15) is 49.7 Å². The highest BCUT2D eigenvalue weighted by Gasteiger charge is 2.51. The average Bonchev–Trinajstić information content (AvgIpc) is 3.15. The molecule has 4 aliphatic carbocycles. The Kier molecular flexibility index (Phi) is 7.01. The molecule has 4 fully saturated rings. The van der Waals surface area contributed by atoms with Crippen molar-refractivity contribution in [3.05, 3.63) is 139 Å². The summed E-state index contributed by atoms with van der Waals surface area (Å²) in [5.41, 5.74) is 9.68. The molecule has 0 aliphatic heterocycles. The normalized spacial score (nSPS) is 22.4. The van der Waals surface area contributed by atoms with E-state index >= 15 is 0 Å². The molecule has 1 aromatic heterocycles. The van der Waals surface area contributed by atoms with E-state index in [4.69, 9.17) is 15.0 Å². The molecule has 4 heteroatoms. The number of benzene rings is 5. The molecule has 4 nitrogen and oxygen atoms in total. The summed E-state index contributed by atoms with van der Waals surface area (Å²) < 4.78 is 0. The summed E-state index contributed by atoms with van der Waals surface area (Å²) in [5.74, 6) is 4.66. The Hall–Kier alpha value is -5.40. The zero-order valence-electron chi connectivity index (χ0n) is 26.9. The molecule has 5 aromatic carbocycles. The van der Waals surface area contributed by atoms with E-state index in [1.807, 2.05) is 72.8 Å². The van der Waals surface area contributed by atoms with Crippen molar-refractivity contribution >= 4 is 0 Å². The summed E-state index contributed by atoms with van der Waals surface area (Å²) in [6, 6.07) is 46.3. The van der Waals surface area contributed by atoms with Gasteiger partial charge in [-0.05, 0) is 108 Å². The van der Waals surface area contributed by atoms with E-state index in [1.54, 1.807) is 0 Å². The third kappa shape index (κ3) is 5.20. The number of rotatable bonds is 6.